The fraction of sp³-hybridized carbons (Fsp3) is 0.667. The number of hydrogen-bond donors (Lipinski definition) is 0. The molecule has 0 aliphatic rings. The van der Waals surface area contributed by atoms with E-state index in [0.29, 0.717) is 6.29 Å². The molecule has 5 heteroatoms. The Kier molecular flexibility index (Phi) is 4.93. The highest BCUT2D eigenvalue weighted by Gasteiger charge is 2.04. The average molecular weight is 150 g/mol. The van der Waals surface area contributed by atoms with Gasteiger partial charge in [0.15, 0.2) is 16.9 Å². The lowest BCUT2D eigenvalue weighted by molar-refractivity contribution is -0.107. The van der Waals surface area contributed by atoms with Gasteiger partial charge in [0.2, 0.25) is 0 Å². The minimum atomic E-state index is -0.535. The standard InChI is InChI=1S/C3H4O3P2/c4-2-1-3(7-5)8-6/h2-3H,1H2. The second-order valence-electron chi connectivity index (χ2n) is 1.09. The van der Waals surface area contributed by atoms with E-state index < -0.39 is 5.40 Å². The third kappa shape index (κ3) is 2.95. The van der Waals surface area contributed by atoms with E-state index in [-0.39, 0.29) is 23.3 Å². The van der Waals surface area contributed by atoms with Gasteiger partial charge >= 0.3 is 0 Å². The van der Waals surface area contributed by atoms with Gasteiger partial charge < -0.3 is 4.79 Å². The van der Waals surface area contributed by atoms with Crippen LogP contribution in [0.15, 0.2) is 0 Å². The van der Waals surface area contributed by atoms with Gasteiger partial charge in [-0.15, -0.1) is 0 Å². The predicted octanol–water partition coefficient (Wildman–Crippen LogP) is 1.48. The second kappa shape index (κ2) is 5.02. The Balaban J connectivity index is 3.50. The Morgan fingerprint density at radius 2 is 1.88 bits per heavy atom. The molecule has 0 fully saturated rings. The summed E-state index contributed by atoms with van der Waals surface area (Å²) in [7, 11) is -0.462. The summed E-state index contributed by atoms with van der Waals surface area (Å²) >= 11 is 0. The van der Waals surface area contributed by atoms with Crippen LogP contribution in [0.25, 0.3) is 0 Å². The summed E-state index contributed by atoms with van der Waals surface area (Å²) in [6, 6.07) is 0. The highest BCUT2D eigenvalue weighted by Crippen LogP contribution is 2.20. The minimum absolute atomic E-state index is 0.0934. The van der Waals surface area contributed by atoms with Crippen LogP contribution in [0.2, 0.25) is 0 Å². The maximum Gasteiger partial charge on any atom is 0.171 e. The number of aldehydes is 1. The molecule has 0 radical (unpaired) electrons. The number of hydrogen-bond acceptors (Lipinski definition) is 3. The lowest BCUT2D eigenvalue weighted by Gasteiger charge is -1.84. The van der Waals surface area contributed by atoms with Crippen molar-refractivity contribution in [2.75, 3.05) is 0 Å². The fourth-order valence-corrected chi connectivity index (χ4v) is 0.690. The molecule has 0 amide bonds. The van der Waals surface area contributed by atoms with Crippen molar-refractivity contribution in [1.29, 1.82) is 0 Å². The fourth-order valence-electron chi connectivity index (χ4n) is 0.191. The molecule has 8 heavy (non-hydrogen) atoms. The summed E-state index contributed by atoms with van der Waals surface area (Å²) in [5.74, 6) is 0. The average Bonchev–Trinajstić information content (AvgIpc) is 1.83. The lowest BCUT2D eigenvalue weighted by atomic mass is 10.5. The smallest absolute Gasteiger partial charge is 0.171 e. The zero-order chi connectivity index (χ0) is 6.41. The van der Waals surface area contributed by atoms with Crippen LogP contribution in [0.4, 0.5) is 0 Å². The van der Waals surface area contributed by atoms with Crippen molar-refractivity contribution in [3.05, 3.63) is 0 Å². The molecule has 0 atom stereocenters. The normalized spacial score (nSPS) is 14.0. The van der Waals surface area contributed by atoms with Crippen molar-refractivity contribution in [3.63, 3.8) is 0 Å². The maximum atomic E-state index is 9.86. The van der Waals surface area contributed by atoms with Gasteiger partial charge in [0.25, 0.3) is 0 Å². The Morgan fingerprint density at radius 1 is 1.38 bits per heavy atom. The topological polar surface area (TPSA) is 51.2 Å². The molecule has 0 N–H and O–H groups in total. The second-order valence-corrected chi connectivity index (χ2v) is 3.17. The number of carbonyl (C=O) groups excluding carboxylic acids is 1. The molecule has 0 saturated carbocycles. The first kappa shape index (κ1) is 7.87. The van der Waals surface area contributed by atoms with Crippen LogP contribution in [0.3, 0.4) is 0 Å². The molecule has 44 valence electrons. The van der Waals surface area contributed by atoms with E-state index in [1.807, 2.05) is 0 Å². The van der Waals surface area contributed by atoms with Gasteiger partial charge in [-0.3, -0.25) is 9.13 Å². The molecule has 0 heterocycles. The molecule has 0 unspecified atom stereocenters. The Bertz CT molecular complexity index is 94.7. The summed E-state index contributed by atoms with van der Waals surface area (Å²) < 4.78 is 19.7. The molecule has 0 aromatic rings. The van der Waals surface area contributed by atoms with Gasteiger partial charge in [0.1, 0.15) is 11.7 Å². The van der Waals surface area contributed by atoms with Crippen LogP contribution in [-0.4, -0.2) is 11.7 Å². The third-order valence-electron chi connectivity index (χ3n) is 0.550. The molecule has 0 bridgehead atoms. The van der Waals surface area contributed by atoms with Crippen LogP contribution in [0.1, 0.15) is 6.42 Å². The van der Waals surface area contributed by atoms with Crippen LogP contribution in [0.5, 0.6) is 0 Å². The van der Waals surface area contributed by atoms with Gasteiger partial charge in [0, 0.05) is 6.42 Å². The summed E-state index contributed by atoms with van der Waals surface area (Å²) in [6.45, 7) is 0. The first-order chi connectivity index (χ1) is 3.85. The predicted molar refractivity (Wildman–Crippen MR) is 29.7 cm³/mol. The Labute approximate surface area is 49.9 Å². The van der Waals surface area contributed by atoms with Crippen LogP contribution >= 0.6 is 16.9 Å². The third-order valence-corrected chi connectivity index (χ3v) is 2.02. The monoisotopic (exact) mass is 150 g/mol. The van der Waals surface area contributed by atoms with Crippen molar-refractivity contribution >= 4 is 23.2 Å². The van der Waals surface area contributed by atoms with Crippen LogP contribution < -0.4 is 0 Å². The number of rotatable bonds is 4. The van der Waals surface area contributed by atoms with Gasteiger partial charge in [-0.1, -0.05) is 0 Å². The van der Waals surface area contributed by atoms with Crippen molar-refractivity contribution in [2.24, 2.45) is 0 Å². The van der Waals surface area contributed by atoms with Crippen molar-refractivity contribution < 1.29 is 13.9 Å². The lowest BCUT2D eigenvalue weighted by Crippen LogP contribution is -1.85. The van der Waals surface area contributed by atoms with Crippen LogP contribution in [0, 0.1) is 0 Å². The SMILES string of the molecule is O=CCC(P=O)P=O. The van der Waals surface area contributed by atoms with E-state index in [1.165, 1.54) is 0 Å². The van der Waals surface area contributed by atoms with Crippen molar-refractivity contribution in [3.8, 4) is 0 Å². The molecule has 3 nitrogen and oxygen atoms in total. The van der Waals surface area contributed by atoms with Crippen molar-refractivity contribution in [1.82, 2.24) is 0 Å². The van der Waals surface area contributed by atoms with Gasteiger partial charge in [0.05, 0.1) is 0 Å². The molecule has 0 aromatic heterocycles. The zero-order valence-corrected chi connectivity index (χ0v) is 5.77. The van der Waals surface area contributed by atoms with E-state index in [0.717, 1.165) is 0 Å². The molecule has 0 rings (SSSR count). The largest absolute Gasteiger partial charge is 0.303 e. The van der Waals surface area contributed by atoms with Crippen LogP contribution in [-0.2, 0) is 13.9 Å². The number of carbonyl (C=O) groups is 1. The first-order valence-electron chi connectivity index (χ1n) is 1.93. The summed E-state index contributed by atoms with van der Waals surface area (Å²) in [4.78, 5) is 9.65. The van der Waals surface area contributed by atoms with E-state index in [2.05, 4.69) is 0 Å². The van der Waals surface area contributed by atoms with E-state index >= 15 is 0 Å². The summed E-state index contributed by atoms with van der Waals surface area (Å²) in [5, 5.41) is -0.535. The molecule has 0 aliphatic carbocycles. The molecule has 0 spiro atoms. The highest BCUT2D eigenvalue weighted by atomic mass is 31.1. The minimum Gasteiger partial charge on any atom is -0.303 e. The molecule has 0 saturated heterocycles. The maximum absolute atomic E-state index is 9.86. The van der Waals surface area contributed by atoms with E-state index in [9.17, 15) is 13.9 Å². The molecule has 0 aliphatic heterocycles. The molecule has 0 aromatic carbocycles. The summed E-state index contributed by atoms with van der Waals surface area (Å²) in [5.41, 5.74) is 0. The van der Waals surface area contributed by atoms with Crippen molar-refractivity contribution in [2.45, 2.75) is 11.8 Å². The van der Waals surface area contributed by atoms with Gasteiger partial charge in [-0.25, -0.2) is 0 Å². The zero-order valence-electron chi connectivity index (χ0n) is 3.98. The van der Waals surface area contributed by atoms with E-state index in [1.54, 1.807) is 0 Å². The molecular formula is C3H4O3P2. The van der Waals surface area contributed by atoms with Gasteiger partial charge in [-0.05, 0) is 0 Å². The van der Waals surface area contributed by atoms with Gasteiger partial charge in [-0.2, -0.15) is 0 Å². The quantitative estimate of drug-likeness (QED) is 0.450. The van der Waals surface area contributed by atoms with E-state index in [4.69, 9.17) is 0 Å². The summed E-state index contributed by atoms with van der Waals surface area (Å²) in [6.07, 6.45) is 0.691. The molecular weight excluding hydrogens is 146 g/mol. The Morgan fingerprint density at radius 3 is 2.00 bits per heavy atom. The Hall–Kier alpha value is -0.130. The highest BCUT2D eigenvalue weighted by molar-refractivity contribution is 7.44. The first-order valence-corrected chi connectivity index (χ1v) is 3.70.